The second-order valence-corrected chi connectivity index (χ2v) is 4.10. The summed E-state index contributed by atoms with van der Waals surface area (Å²) in [5, 5.41) is 15.2. The number of ether oxygens (including phenoxy) is 1. The van der Waals surface area contributed by atoms with Gasteiger partial charge in [0.15, 0.2) is 17.5 Å². The Labute approximate surface area is 113 Å². The smallest absolute Gasteiger partial charge is 0.218 e. The van der Waals surface area contributed by atoms with Crippen LogP contribution in [0.15, 0.2) is 23.4 Å². The molecule has 20 heavy (non-hydrogen) atoms. The Bertz CT molecular complexity index is 659. The van der Waals surface area contributed by atoms with Crippen molar-refractivity contribution >= 4 is 5.84 Å². The standard InChI is InChI=1S/C12H12F2N4O2/c1-6-3-10(18(2)16-6)20-11-8(13)4-7(5-9(11)14)12(15)17-19/h3-5,19H,1-2H3,(H2,15,17). The molecule has 6 nitrogen and oxygen atoms in total. The van der Waals surface area contributed by atoms with Crippen molar-refractivity contribution in [1.29, 1.82) is 0 Å². The van der Waals surface area contributed by atoms with E-state index in [-0.39, 0.29) is 11.4 Å². The third kappa shape index (κ3) is 2.53. The molecule has 1 aromatic carbocycles. The minimum absolute atomic E-state index is 0.0870. The van der Waals surface area contributed by atoms with Crippen LogP contribution >= 0.6 is 0 Å². The minimum atomic E-state index is -0.967. The van der Waals surface area contributed by atoms with Gasteiger partial charge in [0, 0.05) is 18.7 Å². The first kappa shape index (κ1) is 13.8. The van der Waals surface area contributed by atoms with Gasteiger partial charge in [0.05, 0.1) is 5.69 Å². The Balaban J connectivity index is 2.41. The number of hydrogen-bond donors (Lipinski definition) is 2. The van der Waals surface area contributed by atoms with E-state index in [4.69, 9.17) is 15.7 Å². The van der Waals surface area contributed by atoms with Gasteiger partial charge in [0.2, 0.25) is 11.6 Å². The Morgan fingerprint density at radius 1 is 1.35 bits per heavy atom. The highest BCUT2D eigenvalue weighted by Gasteiger charge is 2.17. The number of benzene rings is 1. The number of aromatic nitrogens is 2. The van der Waals surface area contributed by atoms with Gasteiger partial charge in [0.1, 0.15) is 0 Å². The highest BCUT2D eigenvalue weighted by Crippen LogP contribution is 2.28. The molecule has 1 heterocycles. The maximum absolute atomic E-state index is 13.8. The molecule has 106 valence electrons. The quantitative estimate of drug-likeness (QED) is 0.389. The Hall–Kier alpha value is -2.64. The first-order valence-corrected chi connectivity index (χ1v) is 5.57. The molecule has 2 aromatic rings. The molecule has 0 aliphatic heterocycles. The molecule has 2 rings (SSSR count). The van der Waals surface area contributed by atoms with Crippen molar-refractivity contribution in [2.45, 2.75) is 6.92 Å². The summed E-state index contributed by atoms with van der Waals surface area (Å²) < 4.78 is 34.2. The van der Waals surface area contributed by atoms with Gasteiger partial charge in [-0.05, 0) is 19.1 Å². The summed E-state index contributed by atoms with van der Waals surface area (Å²) in [6.45, 7) is 1.72. The van der Waals surface area contributed by atoms with Gasteiger partial charge in [0.25, 0.3) is 0 Å². The van der Waals surface area contributed by atoms with Gasteiger partial charge in [-0.2, -0.15) is 5.10 Å². The molecule has 1 aromatic heterocycles. The molecule has 0 fully saturated rings. The summed E-state index contributed by atoms with van der Waals surface area (Å²) in [5.41, 5.74) is 5.84. The highest BCUT2D eigenvalue weighted by molar-refractivity contribution is 5.97. The maximum atomic E-state index is 13.8. The third-order valence-corrected chi connectivity index (χ3v) is 2.57. The minimum Gasteiger partial charge on any atom is -0.433 e. The van der Waals surface area contributed by atoms with Crippen molar-refractivity contribution < 1.29 is 18.7 Å². The van der Waals surface area contributed by atoms with Crippen molar-refractivity contribution in [3.8, 4) is 11.6 Å². The van der Waals surface area contributed by atoms with Crippen LogP contribution in [0.5, 0.6) is 11.6 Å². The SMILES string of the molecule is Cc1cc(Oc2c(F)cc(/C(N)=N/O)cc2F)n(C)n1. The van der Waals surface area contributed by atoms with E-state index < -0.39 is 23.2 Å². The van der Waals surface area contributed by atoms with Crippen molar-refractivity contribution in [2.75, 3.05) is 0 Å². The van der Waals surface area contributed by atoms with Gasteiger partial charge >= 0.3 is 0 Å². The molecule has 0 amide bonds. The van der Waals surface area contributed by atoms with E-state index in [1.54, 1.807) is 14.0 Å². The summed E-state index contributed by atoms with van der Waals surface area (Å²) in [4.78, 5) is 0. The van der Waals surface area contributed by atoms with E-state index in [0.717, 1.165) is 12.1 Å². The topological polar surface area (TPSA) is 85.7 Å². The Kier molecular flexibility index (Phi) is 3.55. The zero-order chi connectivity index (χ0) is 14.9. The second kappa shape index (κ2) is 5.16. The largest absolute Gasteiger partial charge is 0.433 e. The zero-order valence-electron chi connectivity index (χ0n) is 10.8. The second-order valence-electron chi connectivity index (χ2n) is 4.10. The summed E-state index contributed by atoms with van der Waals surface area (Å²) >= 11 is 0. The van der Waals surface area contributed by atoms with E-state index >= 15 is 0 Å². The molecule has 8 heteroatoms. The van der Waals surface area contributed by atoms with Crippen LogP contribution in [-0.2, 0) is 7.05 Å². The Morgan fingerprint density at radius 2 is 1.95 bits per heavy atom. The molecule has 0 unspecified atom stereocenters. The molecule has 0 spiro atoms. The van der Waals surface area contributed by atoms with Crippen LogP contribution in [0.1, 0.15) is 11.3 Å². The predicted molar refractivity (Wildman–Crippen MR) is 66.9 cm³/mol. The molecule has 0 aliphatic carbocycles. The van der Waals surface area contributed by atoms with Gasteiger partial charge in [-0.1, -0.05) is 5.16 Å². The summed E-state index contributed by atoms with van der Waals surface area (Å²) in [6, 6.07) is 3.36. The fourth-order valence-electron chi connectivity index (χ4n) is 1.65. The van der Waals surface area contributed by atoms with Crippen LogP contribution < -0.4 is 10.5 Å². The summed E-state index contributed by atoms with van der Waals surface area (Å²) in [5.74, 6) is -2.72. The maximum Gasteiger partial charge on any atom is 0.218 e. The lowest BCUT2D eigenvalue weighted by Crippen LogP contribution is -2.14. The van der Waals surface area contributed by atoms with Crippen LogP contribution in [0.25, 0.3) is 0 Å². The number of aryl methyl sites for hydroxylation is 2. The van der Waals surface area contributed by atoms with Crippen molar-refractivity contribution in [1.82, 2.24) is 9.78 Å². The number of nitrogens with zero attached hydrogens (tertiary/aromatic N) is 3. The molecule has 0 saturated carbocycles. The van der Waals surface area contributed by atoms with Crippen molar-refractivity contribution in [3.63, 3.8) is 0 Å². The molecular weight excluding hydrogens is 270 g/mol. The lowest BCUT2D eigenvalue weighted by Gasteiger charge is -2.09. The first-order chi connectivity index (χ1) is 9.42. The lowest BCUT2D eigenvalue weighted by atomic mass is 10.2. The van der Waals surface area contributed by atoms with Crippen LogP contribution in [0.3, 0.4) is 0 Å². The monoisotopic (exact) mass is 282 g/mol. The molecule has 0 bridgehead atoms. The highest BCUT2D eigenvalue weighted by atomic mass is 19.1. The number of oxime groups is 1. The molecule has 0 aliphatic rings. The van der Waals surface area contributed by atoms with Gasteiger partial charge < -0.3 is 15.7 Å². The number of nitrogens with two attached hydrogens (primary N) is 1. The lowest BCUT2D eigenvalue weighted by molar-refractivity contribution is 0.318. The fourth-order valence-corrected chi connectivity index (χ4v) is 1.65. The van der Waals surface area contributed by atoms with Crippen molar-refractivity contribution in [3.05, 3.63) is 41.1 Å². The first-order valence-electron chi connectivity index (χ1n) is 5.57. The number of amidine groups is 1. The molecular formula is C12H12F2N4O2. The summed E-state index contributed by atoms with van der Waals surface area (Å²) in [6.07, 6.45) is 0. The average Bonchev–Trinajstić information content (AvgIpc) is 2.71. The van der Waals surface area contributed by atoms with Crippen molar-refractivity contribution in [2.24, 2.45) is 17.9 Å². The van der Waals surface area contributed by atoms with Crippen LogP contribution in [-0.4, -0.2) is 20.8 Å². The van der Waals surface area contributed by atoms with E-state index in [1.807, 2.05) is 0 Å². The normalized spacial score (nSPS) is 11.7. The van der Waals surface area contributed by atoms with E-state index in [0.29, 0.717) is 5.69 Å². The van der Waals surface area contributed by atoms with E-state index in [1.165, 1.54) is 10.7 Å². The summed E-state index contributed by atoms with van der Waals surface area (Å²) in [7, 11) is 1.59. The van der Waals surface area contributed by atoms with Crippen LogP contribution in [0.4, 0.5) is 8.78 Å². The number of hydrogen-bond acceptors (Lipinski definition) is 4. The molecule has 0 atom stereocenters. The molecule has 0 saturated heterocycles. The molecule has 3 N–H and O–H groups in total. The predicted octanol–water partition coefficient (Wildman–Crippen LogP) is 1.89. The number of rotatable bonds is 3. The van der Waals surface area contributed by atoms with E-state index in [9.17, 15) is 8.78 Å². The van der Waals surface area contributed by atoms with Gasteiger partial charge in [-0.25, -0.2) is 13.5 Å². The van der Waals surface area contributed by atoms with Crippen LogP contribution in [0.2, 0.25) is 0 Å². The van der Waals surface area contributed by atoms with Gasteiger partial charge in [-0.3, -0.25) is 0 Å². The van der Waals surface area contributed by atoms with Gasteiger partial charge in [-0.15, -0.1) is 0 Å². The third-order valence-electron chi connectivity index (χ3n) is 2.57. The Morgan fingerprint density at radius 3 is 2.40 bits per heavy atom. The van der Waals surface area contributed by atoms with E-state index in [2.05, 4.69) is 10.3 Å². The number of halogens is 2. The zero-order valence-corrected chi connectivity index (χ0v) is 10.8. The molecule has 0 radical (unpaired) electrons. The average molecular weight is 282 g/mol. The van der Waals surface area contributed by atoms with Crippen LogP contribution in [0, 0.1) is 18.6 Å². The fraction of sp³-hybridized carbons (Fsp3) is 0.167.